The van der Waals surface area contributed by atoms with Gasteiger partial charge in [-0.25, -0.2) is 0 Å². The molecule has 0 aromatic carbocycles. The molecule has 1 aromatic heterocycles. The van der Waals surface area contributed by atoms with E-state index in [1.807, 2.05) is 6.92 Å². The highest BCUT2D eigenvalue weighted by molar-refractivity contribution is 5.17. The van der Waals surface area contributed by atoms with E-state index in [9.17, 15) is 0 Å². The summed E-state index contributed by atoms with van der Waals surface area (Å²) in [6, 6.07) is 0.674. The molecule has 1 heterocycles. The zero-order chi connectivity index (χ0) is 13.7. The van der Waals surface area contributed by atoms with E-state index in [4.69, 9.17) is 4.42 Å². The minimum atomic E-state index is 0.119. The van der Waals surface area contributed by atoms with E-state index in [0.29, 0.717) is 11.9 Å². The topological polar surface area (TPSA) is 63.0 Å². The van der Waals surface area contributed by atoms with Crippen LogP contribution in [-0.4, -0.2) is 23.3 Å². The second-order valence-corrected chi connectivity index (χ2v) is 5.67. The Morgan fingerprint density at radius 1 is 1.37 bits per heavy atom. The molecule has 19 heavy (non-hydrogen) atoms. The number of nitrogens with one attached hydrogen (secondary N) is 2. The van der Waals surface area contributed by atoms with Crippen molar-refractivity contribution in [3.8, 4) is 0 Å². The van der Waals surface area contributed by atoms with Gasteiger partial charge in [0.1, 0.15) is 0 Å². The monoisotopic (exact) mass is 266 g/mol. The van der Waals surface area contributed by atoms with Crippen molar-refractivity contribution in [1.29, 1.82) is 0 Å². The first-order valence-corrected chi connectivity index (χ1v) is 7.51. The van der Waals surface area contributed by atoms with Gasteiger partial charge in [-0.2, -0.15) is 0 Å². The van der Waals surface area contributed by atoms with Gasteiger partial charge in [-0.3, -0.25) is 0 Å². The van der Waals surface area contributed by atoms with Crippen LogP contribution >= 0.6 is 0 Å². The van der Waals surface area contributed by atoms with E-state index in [1.54, 1.807) is 0 Å². The maximum absolute atomic E-state index is 5.64. The number of rotatable bonds is 7. The third kappa shape index (κ3) is 3.93. The molecule has 3 atom stereocenters. The summed E-state index contributed by atoms with van der Waals surface area (Å²) < 4.78 is 5.64. The molecule has 1 fully saturated rings. The first-order chi connectivity index (χ1) is 9.20. The molecule has 5 nitrogen and oxygen atoms in total. The highest BCUT2D eigenvalue weighted by atomic mass is 16.4. The van der Waals surface area contributed by atoms with Crippen LogP contribution in [0.2, 0.25) is 0 Å². The fourth-order valence-electron chi connectivity index (χ4n) is 2.67. The van der Waals surface area contributed by atoms with Crippen LogP contribution < -0.4 is 10.6 Å². The molecule has 5 heteroatoms. The normalized spacial score (nSPS) is 24.6. The van der Waals surface area contributed by atoms with Crippen LogP contribution in [0.3, 0.4) is 0 Å². The molecule has 0 spiro atoms. The predicted octanol–water partition coefficient (Wildman–Crippen LogP) is 2.98. The third-order valence-electron chi connectivity index (χ3n) is 4.07. The lowest BCUT2D eigenvalue weighted by molar-refractivity contribution is 0.411. The summed E-state index contributed by atoms with van der Waals surface area (Å²) in [7, 11) is 0. The van der Waals surface area contributed by atoms with Gasteiger partial charge in [-0.1, -0.05) is 31.8 Å². The van der Waals surface area contributed by atoms with Crippen molar-refractivity contribution in [2.45, 2.75) is 52.5 Å². The van der Waals surface area contributed by atoms with Crippen LogP contribution in [0.25, 0.3) is 0 Å². The zero-order valence-corrected chi connectivity index (χ0v) is 12.3. The Hall–Kier alpha value is -1.10. The lowest BCUT2D eigenvalue weighted by Crippen LogP contribution is -2.19. The van der Waals surface area contributed by atoms with Crippen LogP contribution in [-0.2, 0) is 0 Å². The van der Waals surface area contributed by atoms with Crippen molar-refractivity contribution < 1.29 is 4.42 Å². The second-order valence-electron chi connectivity index (χ2n) is 5.67. The lowest BCUT2D eigenvalue weighted by Gasteiger charge is -2.14. The minimum absolute atomic E-state index is 0.119. The Kier molecular flexibility index (Phi) is 5.19. The molecule has 108 valence electrons. The minimum Gasteiger partial charge on any atom is -0.406 e. The molecule has 1 aliphatic carbocycles. The third-order valence-corrected chi connectivity index (χ3v) is 4.07. The fourth-order valence-corrected chi connectivity index (χ4v) is 2.67. The van der Waals surface area contributed by atoms with Crippen LogP contribution in [0, 0.1) is 11.8 Å². The Labute approximate surface area is 115 Å². The molecule has 0 saturated heterocycles. The standard InChI is InChI=1S/C14H26N4O/c1-4-8-15-11(3)13-17-18-14(19-13)16-9-12-7-5-6-10(12)2/h10-12,15H,4-9H2,1-3H3,(H,16,18). The van der Waals surface area contributed by atoms with Gasteiger partial charge in [-0.05, 0) is 38.1 Å². The molecular formula is C14H26N4O. The SMILES string of the molecule is CCCNC(C)c1nnc(NCC2CCCC2C)o1. The van der Waals surface area contributed by atoms with Crippen molar-refractivity contribution in [3.05, 3.63) is 5.89 Å². The van der Waals surface area contributed by atoms with Crippen LogP contribution in [0.15, 0.2) is 4.42 Å². The highest BCUT2D eigenvalue weighted by Crippen LogP contribution is 2.31. The molecule has 2 N–H and O–H groups in total. The van der Waals surface area contributed by atoms with Gasteiger partial charge < -0.3 is 15.1 Å². The summed E-state index contributed by atoms with van der Waals surface area (Å²) in [5.74, 6) is 2.21. The summed E-state index contributed by atoms with van der Waals surface area (Å²) in [6.07, 6.45) is 5.10. The van der Waals surface area contributed by atoms with Crippen molar-refractivity contribution in [1.82, 2.24) is 15.5 Å². The summed E-state index contributed by atoms with van der Waals surface area (Å²) in [5, 5.41) is 14.8. The fraction of sp³-hybridized carbons (Fsp3) is 0.857. The van der Waals surface area contributed by atoms with Gasteiger partial charge in [-0.15, -0.1) is 5.10 Å². The molecule has 0 radical (unpaired) electrons. The van der Waals surface area contributed by atoms with Crippen LogP contribution in [0.5, 0.6) is 0 Å². The van der Waals surface area contributed by atoms with Crippen molar-refractivity contribution in [2.75, 3.05) is 18.4 Å². The quantitative estimate of drug-likeness (QED) is 0.794. The van der Waals surface area contributed by atoms with E-state index in [-0.39, 0.29) is 6.04 Å². The highest BCUT2D eigenvalue weighted by Gasteiger charge is 2.23. The summed E-state index contributed by atoms with van der Waals surface area (Å²) in [6.45, 7) is 8.43. The Morgan fingerprint density at radius 2 is 2.21 bits per heavy atom. The van der Waals surface area contributed by atoms with Gasteiger partial charge in [0, 0.05) is 6.54 Å². The Bertz CT molecular complexity index is 379. The summed E-state index contributed by atoms with van der Waals surface area (Å²) in [5.41, 5.74) is 0. The van der Waals surface area contributed by atoms with E-state index < -0.39 is 0 Å². The molecule has 1 aliphatic rings. The smallest absolute Gasteiger partial charge is 0.315 e. The van der Waals surface area contributed by atoms with Gasteiger partial charge in [0.05, 0.1) is 6.04 Å². The number of hydrogen-bond acceptors (Lipinski definition) is 5. The molecule has 3 unspecified atom stereocenters. The zero-order valence-electron chi connectivity index (χ0n) is 12.3. The molecule has 2 rings (SSSR count). The number of nitrogens with zero attached hydrogens (tertiary/aromatic N) is 2. The largest absolute Gasteiger partial charge is 0.406 e. The number of anilines is 1. The van der Waals surface area contributed by atoms with Gasteiger partial charge in [0.15, 0.2) is 0 Å². The van der Waals surface area contributed by atoms with Crippen LogP contribution in [0.1, 0.15) is 58.4 Å². The van der Waals surface area contributed by atoms with Crippen molar-refractivity contribution in [2.24, 2.45) is 11.8 Å². The lowest BCUT2D eigenvalue weighted by atomic mass is 9.98. The molecule has 0 aliphatic heterocycles. The second kappa shape index (κ2) is 6.89. The van der Waals surface area contributed by atoms with E-state index >= 15 is 0 Å². The van der Waals surface area contributed by atoms with Gasteiger partial charge in [0.25, 0.3) is 0 Å². The first-order valence-electron chi connectivity index (χ1n) is 7.51. The first kappa shape index (κ1) is 14.3. The average Bonchev–Trinajstić information content (AvgIpc) is 3.02. The van der Waals surface area contributed by atoms with Crippen LogP contribution in [0.4, 0.5) is 6.01 Å². The van der Waals surface area contributed by atoms with Crippen molar-refractivity contribution >= 4 is 6.01 Å². The van der Waals surface area contributed by atoms with E-state index in [0.717, 1.165) is 31.3 Å². The van der Waals surface area contributed by atoms with Gasteiger partial charge in [0.2, 0.25) is 5.89 Å². The maximum Gasteiger partial charge on any atom is 0.315 e. The predicted molar refractivity (Wildman–Crippen MR) is 76.0 cm³/mol. The molecule has 0 amide bonds. The Balaban J connectivity index is 1.80. The molecule has 0 bridgehead atoms. The number of hydrogen-bond donors (Lipinski definition) is 2. The van der Waals surface area contributed by atoms with Gasteiger partial charge >= 0.3 is 6.01 Å². The Morgan fingerprint density at radius 3 is 2.89 bits per heavy atom. The van der Waals surface area contributed by atoms with Crippen molar-refractivity contribution in [3.63, 3.8) is 0 Å². The summed E-state index contributed by atoms with van der Waals surface area (Å²) in [4.78, 5) is 0. The molecule has 1 saturated carbocycles. The average molecular weight is 266 g/mol. The number of aromatic nitrogens is 2. The van der Waals surface area contributed by atoms with E-state index in [2.05, 4.69) is 34.7 Å². The summed E-state index contributed by atoms with van der Waals surface area (Å²) >= 11 is 0. The van der Waals surface area contributed by atoms with E-state index in [1.165, 1.54) is 19.3 Å². The maximum atomic E-state index is 5.64. The molecular weight excluding hydrogens is 240 g/mol. The molecule has 1 aromatic rings.